The van der Waals surface area contributed by atoms with Crippen LogP contribution in [0.5, 0.6) is 11.5 Å². The first-order valence-corrected chi connectivity index (χ1v) is 9.54. The number of anilines is 1. The molecule has 6 nitrogen and oxygen atoms in total. The molecule has 0 aromatic heterocycles. The second kappa shape index (κ2) is 7.67. The van der Waals surface area contributed by atoms with Gasteiger partial charge in [0.15, 0.2) is 11.5 Å². The van der Waals surface area contributed by atoms with Crippen molar-refractivity contribution in [2.75, 3.05) is 11.9 Å². The lowest BCUT2D eigenvalue weighted by atomic mass is 9.94. The standard InChI is InChI=1S/C21H23FN2O4/c22-16-7-3-2-6-15(16)17(25)13-23-20(26)24-14-8-9-18-19(12-14)28-21(27-18)10-4-1-5-11-21/h2-3,6-9,12,17,25H,1,4-5,10-11,13H2,(H2,23,24,26). The van der Waals surface area contributed by atoms with Crippen molar-refractivity contribution in [3.8, 4) is 11.5 Å². The van der Waals surface area contributed by atoms with Crippen LogP contribution in [0.3, 0.4) is 0 Å². The van der Waals surface area contributed by atoms with Gasteiger partial charge in [-0.15, -0.1) is 0 Å². The Morgan fingerprint density at radius 3 is 2.64 bits per heavy atom. The molecule has 1 unspecified atom stereocenters. The molecule has 0 radical (unpaired) electrons. The maximum atomic E-state index is 13.7. The van der Waals surface area contributed by atoms with Gasteiger partial charge in [0.1, 0.15) is 5.82 Å². The summed E-state index contributed by atoms with van der Waals surface area (Å²) in [4.78, 5) is 12.1. The summed E-state index contributed by atoms with van der Waals surface area (Å²) in [6.45, 7) is -0.111. The van der Waals surface area contributed by atoms with Crippen molar-refractivity contribution in [1.29, 1.82) is 0 Å². The number of urea groups is 1. The Kier molecular flexibility index (Phi) is 5.09. The van der Waals surface area contributed by atoms with E-state index in [1.165, 1.54) is 18.6 Å². The highest BCUT2D eigenvalue weighted by molar-refractivity contribution is 5.89. The van der Waals surface area contributed by atoms with Crippen LogP contribution in [0, 0.1) is 5.82 Å². The fourth-order valence-corrected chi connectivity index (χ4v) is 3.69. The van der Waals surface area contributed by atoms with Gasteiger partial charge in [-0.25, -0.2) is 9.18 Å². The van der Waals surface area contributed by atoms with E-state index in [4.69, 9.17) is 9.47 Å². The van der Waals surface area contributed by atoms with Gasteiger partial charge in [-0.1, -0.05) is 24.6 Å². The van der Waals surface area contributed by atoms with Crippen LogP contribution in [-0.4, -0.2) is 23.5 Å². The number of rotatable bonds is 4. The number of nitrogens with one attached hydrogen (secondary N) is 2. The molecule has 4 rings (SSSR count). The number of aliphatic hydroxyl groups excluding tert-OH is 1. The van der Waals surface area contributed by atoms with Gasteiger partial charge in [0.05, 0.1) is 6.10 Å². The first-order valence-electron chi connectivity index (χ1n) is 9.54. The lowest BCUT2D eigenvalue weighted by Gasteiger charge is -2.31. The summed E-state index contributed by atoms with van der Waals surface area (Å²) >= 11 is 0. The molecule has 2 aliphatic rings. The van der Waals surface area contributed by atoms with Gasteiger partial charge in [-0.2, -0.15) is 0 Å². The van der Waals surface area contributed by atoms with Crippen molar-refractivity contribution in [2.45, 2.75) is 44.0 Å². The molecule has 2 aromatic rings. The number of carbonyl (C=O) groups is 1. The Morgan fingerprint density at radius 2 is 1.86 bits per heavy atom. The highest BCUT2D eigenvalue weighted by Crippen LogP contribution is 2.46. The van der Waals surface area contributed by atoms with Gasteiger partial charge >= 0.3 is 6.03 Å². The molecule has 1 spiro atoms. The first kappa shape index (κ1) is 18.6. The third-order valence-corrected chi connectivity index (χ3v) is 5.13. The molecule has 0 bridgehead atoms. The second-order valence-electron chi connectivity index (χ2n) is 7.21. The van der Waals surface area contributed by atoms with E-state index in [9.17, 15) is 14.3 Å². The fourth-order valence-electron chi connectivity index (χ4n) is 3.69. The zero-order chi connectivity index (χ0) is 19.6. The van der Waals surface area contributed by atoms with Gasteiger partial charge in [-0.3, -0.25) is 0 Å². The second-order valence-corrected chi connectivity index (χ2v) is 7.21. The molecule has 3 N–H and O–H groups in total. The Hall–Kier alpha value is -2.80. The summed E-state index contributed by atoms with van der Waals surface area (Å²) in [7, 11) is 0. The van der Waals surface area contributed by atoms with E-state index in [1.54, 1.807) is 30.3 Å². The number of aliphatic hydroxyl groups is 1. The molecule has 1 fully saturated rings. The van der Waals surface area contributed by atoms with E-state index in [2.05, 4.69) is 10.6 Å². The van der Waals surface area contributed by atoms with Crippen molar-refractivity contribution in [2.24, 2.45) is 0 Å². The highest BCUT2D eigenvalue weighted by atomic mass is 19.1. The minimum atomic E-state index is -1.13. The molecule has 28 heavy (non-hydrogen) atoms. The van der Waals surface area contributed by atoms with Crippen molar-refractivity contribution in [1.82, 2.24) is 5.32 Å². The maximum Gasteiger partial charge on any atom is 0.319 e. The molecule has 1 aliphatic heterocycles. The molecular formula is C21H23FN2O4. The summed E-state index contributed by atoms with van der Waals surface area (Å²) in [6, 6.07) is 10.7. The number of hydrogen-bond acceptors (Lipinski definition) is 4. The van der Waals surface area contributed by atoms with Crippen molar-refractivity contribution >= 4 is 11.7 Å². The highest BCUT2D eigenvalue weighted by Gasteiger charge is 2.42. The molecule has 2 aromatic carbocycles. The molecule has 148 valence electrons. The van der Waals surface area contributed by atoms with Crippen molar-refractivity contribution in [3.05, 3.63) is 53.8 Å². The topological polar surface area (TPSA) is 79.8 Å². The van der Waals surface area contributed by atoms with Crippen LogP contribution in [0.25, 0.3) is 0 Å². The van der Waals surface area contributed by atoms with E-state index in [-0.39, 0.29) is 12.1 Å². The number of amides is 2. The fraction of sp³-hybridized carbons (Fsp3) is 0.381. The Balaban J connectivity index is 1.33. The van der Waals surface area contributed by atoms with Crippen molar-refractivity contribution in [3.63, 3.8) is 0 Å². The van der Waals surface area contributed by atoms with E-state index >= 15 is 0 Å². The predicted octanol–water partition coefficient (Wildman–Crippen LogP) is 4.11. The normalized spacial score (nSPS) is 17.9. The largest absolute Gasteiger partial charge is 0.448 e. The lowest BCUT2D eigenvalue weighted by molar-refractivity contribution is -0.105. The Labute approximate surface area is 162 Å². The third-order valence-electron chi connectivity index (χ3n) is 5.13. The number of ether oxygens (including phenoxy) is 2. The van der Waals surface area contributed by atoms with Crippen LogP contribution in [0.4, 0.5) is 14.9 Å². The number of fused-ring (bicyclic) bond motifs is 1. The summed E-state index contributed by atoms with van der Waals surface area (Å²) in [5.41, 5.74) is 0.691. The molecule has 1 saturated carbocycles. The summed E-state index contributed by atoms with van der Waals surface area (Å²) < 4.78 is 25.7. The average Bonchev–Trinajstić information content (AvgIpc) is 3.03. The van der Waals surface area contributed by atoms with Crippen LogP contribution in [0.15, 0.2) is 42.5 Å². The quantitative estimate of drug-likeness (QED) is 0.739. The predicted molar refractivity (Wildman–Crippen MR) is 102 cm³/mol. The van der Waals surface area contributed by atoms with Crippen molar-refractivity contribution < 1.29 is 23.8 Å². The minimum absolute atomic E-state index is 0.111. The maximum absolute atomic E-state index is 13.7. The van der Waals surface area contributed by atoms with Crippen LogP contribution in [0.1, 0.15) is 43.8 Å². The first-order chi connectivity index (χ1) is 13.5. The number of benzene rings is 2. The zero-order valence-electron chi connectivity index (χ0n) is 15.4. The van der Waals surface area contributed by atoms with Gasteiger partial charge in [0.2, 0.25) is 0 Å². The molecular weight excluding hydrogens is 363 g/mol. The lowest BCUT2D eigenvalue weighted by Crippen LogP contribution is -2.40. The summed E-state index contributed by atoms with van der Waals surface area (Å²) in [5, 5.41) is 15.3. The van der Waals surface area contributed by atoms with Gasteiger partial charge in [0, 0.05) is 36.7 Å². The van der Waals surface area contributed by atoms with E-state index < -0.39 is 23.7 Å². The number of halogens is 1. The SMILES string of the molecule is O=C(NCC(O)c1ccccc1F)Nc1ccc2c(c1)OC1(CCCCC1)O2. The molecule has 1 atom stereocenters. The monoisotopic (exact) mass is 386 g/mol. The summed E-state index contributed by atoms with van der Waals surface area (Å²) in [6.07, 6.45) is 3.93. The van der Waals surface area contributed by atoms with Crippen LogP contribution in [-0.2, 0) is 0 Å². The molecule has 1 heterocycles. The number of hydrogen-bond donors (Lipinski definition) is 3. The Bertz CT molecular complexity index is 867. The van der Waals surface area contributed by atoms with Crippen LogP contribution < -0.4 is 20.1 Å². The number of carbonyl (C=O) groups excluding carboxylic acids is 1. The molecule has 0 saturated heterocycles. The summed E-state index contributed by atoms with van der Waals surface area (Å²) in [5.74, 6) is 0.226. The molecule has 1 aliphatic carbocycles. The van der Waals surface area contributed by atoms with Gasteiger partial charge < -0.3 is 25.2 Å². The van der Waals surface area contributed by atoms with E-state index in [1.807, 2.05) is 0 Å². The van der Waals surface area contributed by atoms with Crippen LogP contribution in [0.2, 0.25) is 0 Å². The molecule has 7 heteroatoms. The zero-order valence-corrected chi connectivity index (χ0v) is 15.4. The smallest absolute Gasteiger partial charge is 0.319 e. The van der Waals surface area contributed by atoms with E-state index in [0.29, 0.717) is 17.2 Å². The Morgan fingerprint density at radius 1 is 1.11 bits per heavy atom. The van der Waals surface area contributed by atoms with E-state index in [0.717, 1.165) is 25.7 Å². The van der Waals surface area contributed by atoms with Gasteiger partial charge in [-0.05, 0) is 31.0 Å². The third kappa shape index (κ3) is 3.89. The minimum Gasteiger partial charge on any atom is -0.448 e. The average molecular weight is 386 g/mol. The molecule has 2 amide bonds. The van der Waals surface area contributed by atoms with Gasteiger partial charge in [0.25, 0.3) is 5.79 Å². The van der Waals surface area contributed by atoms with Crippen LogP contribution >= 0.6 is 0 Å².